The lowest BCUT2D eigenvalue weighted by atomic mass is 10.2. The smallest absolute Gasteiger partial charge is 0.332 e. The predicted octanol–water partition coefficient (Wildman–Crippen LogP) is 3.59. The number of carbonyl (C=O) groups is 2. The van der Waals surface area contributed by atoms with Crippen LogP contribution in [0.1, 0.15) is 40.5 Å². The number of carbonyl (C=O) groups excluding carboxylic acids is 1. The van der Waals surface area contributed by atoms with E-state index in [2.05, 4.69) is 5.32 Å². The second-order valence-corrected chi connectivity index (χ2v) is 5.71. The van der Waals surface area contributed by atoms with Crippen molar-refractivity contribution in [2.45, 2.75) is 52.7 Å². The molecule has 0 saturated heterocycles. The SMILES string of the molecule is CCC(C)OC(=O)C=C(CC(=O)O)Nc1ccc(OC(C)C)cc1. The van der Waals surface area contributed by atoms with Crippen LogP contribution in [-0.2, 0) is 14.3 Å². The molecule has 0 aliphatic heterocycles. The van der Waals surface area contributed by atoms with E-state index in [1.54, 1.807) is 31.2 Å². The zero-order valence-electron chi connectivity index (χ0n) is 14.5. The highest BCUT2D eigenvalue weighted by Gasteiger charge is 2.10. The summed E-state index contributed by atoms with van der Waals surface area (Å²) in [6.45, 7) is 7.55. The molecule has 0 radical (unpaired) electrons. The van der Waals surface area contributed by atoms with Crippen LogP contribution < -0.4 is 10.1 Å². The molecule has 0 aromatic heterocycles. The van der Waals surface area contributed by atoms with E-state index in [0.29, 0.717) is 12.1 Å². The average molecular weight is 335 g/mol. The molecule has 0 spiro atoms. The Morgan fingerprint density at radius 1 is 1.21 bits per heavy atom. The number of carboxylic acid groups (broad SMARTS) is 1. The maximum Gasteiger partial charge on any atom is 0.332 e. The number of esters is 1. The van der Waals surface area contributed by atoms with Gasteiger partial charge < -0.3 is 19.9 Å². The molecule has 1 aromatic carbocycles. The number of carboxylic acids is 1. The molecule has 0 amide bonds. The van der Waals surface area contributed by atoms with Crippen LogP contribution in [0.2, 0.25) is 0 Å². The minimum Gasteiger partial charge on any atom is -0.491 e. The summed E-state index contributed by atoms with van der Waals surface area (Å²) in [6.07, 6.45) is 1.42. The van der Waals surface area contributed by atoms with Crippen molar-refractivity contribution in [2.24, 2.45) is 0 Å². The number of hydrogen-bond donors (Lipinski definition) is 2. The fourth-order valence-electron chi connectivity index (χ4n) is 1.83. The maximum absolute atomic E-state index is 11.8. The molecule has 1 atom stereocenters. The molecule has 0 aliphatic rings. The molecule has 2 N–H and O–H groups in total. The topological polar surface area (TPSA) is 84.9 Å². The Balaban J connectivity index is 2.81. The van der Waals surface area contributed by atoms with Gasteiger partial charge in [0.25, 0.3) is 0 Å². The average Bonchev–Trinajstić information content (AvgIpc) is 2.47. The number of hydrogen-bond acceptors (Lipinski definition) is 5. The van der Waals surface area contributed by atoms with Gasteiger partial charge in [-0.15, -0.1) is 0 Å². The first-order chi connectivity index (χ1) is 11.3. The molecule has 0 fully saturated rings. The monoisotopic (exact) mass is 335 g/mol. The van der Waals surface area contributed by atoms with E-state index in [1.165, 1.54) is 6.08 Å². The van der Waals surface area contributed by atoms with Gasteiger partial charge in [0.05, 0.1) is 18.6 Å². The number of nitrogens with one attached hydrogen (secondary N) is 1. The van der Waals surface area contributed by atoms with Crippen molar-refractivity contribution < 1.29 is 24.2 Å². The molecule has 0 bridgehead atoms. The summed E-state index contributed by atoms with van der Waals surface area (Å²) in [5.41, 5.74) is 0.920. The Hall–Kier alpha value is -2.50. The molecule has 6 heteroatoms. The highest BCUT2D eigenvalue weighted by atomic mass is 16.5. The van der Waals surface area contributed by atoms with Crippen molar-refractivity contribution >= 4 is 17.6 Å². The fraction of sp³-hybridized carbons (Fsp3) is 0.444. The van der Waals surface area contributed by atoms with E-state index in [-0.39, 0.29) is 24.3 Å². The van der Waals surface area contributed by atoms with E-state index in [9.17, 15) is 9.59 Å². The first-order valence-electron chi connectivity index (χ1n) is 7.96. The summed E-state index contributed by atoms with van der Waals surface area (Å²) in [5.74, 6) is -0.881. The van der Waals surface area contributed by atoms with E-state index >= 15 is 0 Å². The molecule has 0 aliphatic carbocycles. The Morgan fingerprint density at radius 3 is 2.33 bits per heavy atom. The largest absolute Gasteiger partial charge is 0.491 e. The number of aliphatic carboxylic acids is 1. The summed E-state index contributed by atoms with van der Waals surface area (Å²) in [7, 11) is 0. The minimum absolute atomic E-state index is 0.0709. The molecular weight excluding hydrogens is 310 g/mol. The second kappa shape index (κ2) is 9.60. The molecule has 1 rings (SSSR count). The van der Waals surface area contributed by atoms with Gasteiger partial charge in [0, 0.05) is 17.5 Å². The van der Waals surface area contributed by atoms with Gasteiger partial charge in [0.15, 0.2) is 0 Å². The van der Waals surface area contributed by atoms with Gasteiger partial charge in [0.2, 0.25) is 0 Å². The van der Waals surface area contributed by atoms with Crippen molar-refractivity contribution in [2.75, 3.05) is 5.32 Å². The zero-order chi connectivity index (χ0) is 18.1. The van der Waals surface area contributed by atoms with Gasteiger partial charge in [0.1, 0.15) is 5.75 Å². The lowest BCUT2D eigenvalue weighted by Crippen LogP contribution is -2.14. The van der Waals surface area contributed by atoms with Crippen LogP contribution in [0.5, 0.6) is 5.75 Å². The van der Waals surface area contributed by atoms with E-state index in [0.717, 1.165) is 5.75 Å². The molecule has 6 nitrogen and oxygen atoms in total. The molecule has 1 unspecified atom stereocenters. The Bertz CT molecular complexity index is 578. The quantitative estimate of drug-likeness (QED) is 0.530. The summed E-state index contributed by atoms with van der Waals surface area (Å²) in [6, 6.07) is 7.07. The van der Waals surface area contributed by atoms with Crippen LogP contribution in [-0.4, -0.2) is 29.3 Å². The predicted molar refractivity (Wildman–Crippen MR) is 92.0 cm³/mol. The summed E-state index contributed by atoms with van der Waals surface area (Å²) in [4.78, 5) is 22.8. The lowest BCUT2D eigenvalue weighted by Gasteiger charge is -2.13. The van der Waals surface area contributed by atoms with E-state index in [1.807, 2.05) is 20.8 Å². The molecule has 1 aromatic rings. The number of rotatable bonds is 9. The number of ether oxygens (including phenoxy) is 2. The van der Waals surface area contributed by atoms with Crippen LogP contribution in [0.25, 0.3) is 0 Å². The summed E-state index contributed by atoms with van der Waals surface area (Å²) in [5, 5.41) is 11.9. The molecule has 24 heavy (non-hydrogen) atoms. The van der Waals surface area contributed by atoms with Crippen LogP contribution in [0, 0.1) is 0 Å². The molecule has 132 valence electrons. The fourth-order valence-corrected chi connectivity index (χ4v) is 1.83. The first-order valence-corrected chi connectivity index (χ1v) is 7.96. The van der Waals surface area contributed by atoms with Crippen molar-refractivity contribution in [1.82, 2.24) is 0 Å². The van der Waals surface area contributed by atoms with Gasteiger partial charge in [-0.1, -0.05) is 6.92 Å². The minimum atomic E-state index is -1.04. The first kappa shape index (κ1) is 19.5. The van der Waals surface area contributed by atoms with Crippen LogP contribution in [0.4, 0.5) is 5.69 Å². The molecular formula is C18H25NO5. The lowest BCUT2D eigenvalue weighted by molar-refractivity contribution is -0.142. The second-order valence-electron chi connectivity index (χ2n) is 5.71. The van der Waals surface area contributed by atoms with Gasteiger partial charge >= 0.3 is 11.9 Å². The molecule has 0 heterocycles. The Labute approximate surface area is 142 Å². The third-order valence-electron chi connectivity index (χ3n) is 3.06. The van der Waals surface area contributed by atoms with Crippen molar-refractivity contribution in [3.05, 3.63) is 36.0 Å². The van der Waals surface area contributed by atoms with Crippen molar-refractivity contribution in [3.8, 4) is 5.75 Å². The number of anilines is 1. The standard InChI is InChI=1S/C18H25NO5/c1-5-13(4)24-18(22)11-15(10-17(20)21)19-14-6-8-16(9-7-14)23-12(2)3/h6-9,11-13,19H,5,10H2,1-4H3,(H,20,21). The van der Waals surface area contributed by atoms with Crippen molar-refractivity contribution in [3.63, 3.8) is 0 Å². The van der Waals surface area contributed by atoms with Gasteiger partial charge in [-0.2, -0.15) is 0 Å². The highest BCUT2D eigenvalue weighted by molar-refractivity contribution is 5.85. The maximum atomic E-state index is 11.8. The van der Waals surface area contributed by atoms with Gasteiger partial charge in [-0.05, 0) is 51.5 Å². The normalized spacial score (nSPS) is 12.6. The number of benzene rings is 1. The Kier molecular flexibility index (Phi) is 7.82. The summed E-state index contributed by atoms with van der Waals surface area (Å²) < 4.78 is 10.7. The van der Waals surface area contributed by atoms with Gasteiger partial charge in [-0.25, -0.2) is 4.79 Å². The van der Waals surface area contributed by atoms with Crippen LogP contribution >= 0.6 is 0 Å². The third kappa shape index (κ3) is 7.67. The van der Waals surface area contributed by atoms with Crippen molar-refractivity contribution in [1.29, 1.82) is 0 Å². The highest BCUT2D eigenvalue weighted by Crippen LogP contribution is 2.19. The summed E-state index contributed by atoms with van der Waals surface area (Å²) >= 11 is 0. The van der Waals surface area contributed by atoms with Crippen LogP contribution in [0.3, 0.4) is 0 Å². The molecule has 0 saturated carbocycles. The van der Waals surface area contributed by atoms with E-state index < -0.39 is 11.9 Å². The zero-order valence-corrected chi connectivity index (χ0v) is 14.5. The van der Waals surface area contributed by atoms with E-state index in [4.69, 9.17) is 14.6 Å². The Morgan fingerprint density at radius 2 is 1.83 bits per heavy atom. The van der Waals surface area contributed by atoms with Gasteiger partial charge in [-0.3, -0.25) is 4.79 Å². The van der Waals surface area contributed by atoms with Crippen LogP contribution in [0.15, 0.2) is 36.0 Å². The third-order valence-corrected chi connectivity index (χ3v) is 3.06.